The van der Waals surface area contributed by atoms with Crippen LogP contribution in [0.5, 0.6) is 0 Å². The Bertz CT molecular complexity index is 1430. The highest BCUT2D eigenvalue weighted by molar-refractivity contribution is 5.94. The lowest BCUT2D eigenvalue weighted by atomic mass is 9.89. The molecule has 3 aliphatic rings. The van der Waals surface area contributed by atoms with E-state index in [4.69, 9.17) is 14.2 Å². The van der Waals surface area contributed by atoms with Crippen LogP contribution in [-0.2, 0) is 20.6 Å². The molecule has 0 N–H and O–H groups in total. The maximum Gasteiger partial charge on any atom is 0.413 e. The Morgan fingerprint density at radius 2 is 1.67 bits per heavy atom. The maximum absolute atomic E-state index is 15.5. The summed E-state index contributed by atoms with van der Waals surface area (Å²) >= 11 is 0. The van der Waals surface area contributed by atoms with E-state index in [0.717, 1.165) is 50.9 Å². The molecule has 3 heterocycles. The summed E-state index contributed by atoms with van der Waals surface area (Å²) < 4.78 is 77.4. The van der Waals surface area contributed by atoms with Gasteiger partial charge >= 0.3 is 6.18 Å². The summed E-state index contributed by atoms with van der Waals surface area (Å²) in [5.41, 5.74) is 2.57. The van der Waals surface area contributed by atoms with Crippen molar-refractivity contribution in [3.8, 4) is 0 Å². The lowest BCUT2D eigenvalue weighted by Crippen LogP contribution is -2.39. The van der Waals surface area contributed by atoms with Crippen LogP contribution in [0.3, 0.4) is 0 Å². The van der Waals surface area contributed by atoms with Gasteiger partial charge in [0.2, 0.25) is 5.95 Å². The highest BCUT2D eigenvalue weighted by Gasteiger charge is 2.39. The lowest BCUT2D eigenvalue weighted by Gasteiger charge is -2.36. The smallest absolute Gasteiger partial charge is 0.372 e. The summed E-state index contributed by atoms with van der Waals surface area (Å²) in [6.45, 7) is 2.19. The second kappa shape index (κ2) is 12.0. The molecule has 10 heteroatoms. The second-order valence-corrected chi connectivity index (χ2v) is 11.5. The molecule has 0 amide bonds. The van der Waals surface area contributed by atoms with Gasteiger partial charge in [-0.05, 0) is 91.8 Å². The Morgan fingerprint density at radius 3 is 2.31 bits per heavy atom. The molecule has 3 aromatic rings. The molecule has 1 unspecified atom stereocenters. The van der Waals surface area contributed by atoms with Crippen molar-refractivity contribution in [3.05, 3.63) is 64.6 Å². The first kappa shape index (κ1) is 29.1. The van der Waals surface area contributed by atoms with Crippen LogP contribution in [0.4, 0.5) is 23.2 Å². The molecule has 0 radical (unpaired) electrons. The minimum atomic E-state index is -4.51. The van der Waals surface area contributed by atoms with Crippen LogP contribution in [0.15, 0.2) is 42.0 Å². The Kier molecular flexibility index (Phi) is 8.31. The van der Waals surface area contributed by atoms with E-state index in [1.807, 2.05) is 12.1 Å². The van der Waals surface area contributed by atoms with Crippen molar-refractivity contribution < 1.29 is 31.8 Å². The van der Waals surface area contributed by atoms with Crippen molar-refractivity contribution in [1.29, 1.82) is 0 Å². The van der Waals surface area contributed by atoms with Crippen molar-refractivity contribution in [2.75, 3.05) is 38.8 Å². The van der Waals surface area contributed by atoms with Gasteiger partial charge < -0.3 is 19.1 Å². The monoisotopic (exact) mass is 587 g/mol. The number of halogens is 4. The van der Waals surface area contributed by atoms with E-state index in [1.165, 1.54) is 0 Å². The number of benzene rings is 2. The number of allylic oxidation sites excluding steroid dienone is 1. The van der Waals surface area contributed by atoms with Crippen LogP contribution in [0.25, 0.3) is 16.5 Å². The van der Waals surface area contributed by atoms with E-state index in [2.05, 4.69) is 10.00 Å². The minimum Gasteiger partial charge on any atom is -0.372 e. The number of hydrogen-bond acceptors (Lipinski definition) is 5. The fourth-order valence-electron chi connectivity index (χ4n) is 6.98. The van der Waals surface area contributed by atoms with Gasteiger partial charge in [-0.3, -0.25) is 0 Å². The average Bonchev–Trinajstić information content (AvgIpc) is 3.21. The summed E-state index contributed by atoms with van der Waals surface area (Å²) in [6.07, 6.45) is -0.240. The Hall–Kier alpha value is -2.95. The van der Waals surface area contributed by atoms with E-state index >= 15 is 4.39 Å². The summed E-state index contributed by atoms with van der Waals surface area (Å²) in [5, 5.41) is 4.47. The van der Waals surface area contributed by atoms with E-state index < -0.39 is 17.7 Å². The predicted octanol–water partition coefficient (Wildman–Crippen LogP) is 7.41. The minimum absolute atomic E-state index is 0.131. The predicted molar refractivity (Wildman–Crippen MR) is 153 cm³/mol. The van der Waals surface area contributed by atoms with Gasteiger partial charge in [0, 0.05) is 51.1 Å². The van der Waals surface area contributed by atoms with E-state index in [0.29, 0.717) is 46.5 Å². The molecular weight excluding hydrogens is 550 g/mol. The summed E-state index contributed by atoms with van der Waals surface area (Å²) in [4.78, 5) is 2.24. The van der Waals surface area contributed by atoms with Crippen molar-refractivity contribution in [3.63, 3.8) is 0 Å². The molecule has 0 spiro atoms. The van der Waals surface area contributed by atoms with Crippen LogP contribution in [-0.4, -0.2) is 56.2 Å². The van der Waals surface area contributed by atoms with E-state index in [1.54, 1.807) is 43.2 Å². The topological polar surface area (TPSA) is 48.8 Å². The third-order valence-corrected chi connectivity index (χ3v) is 9.05. The average molecular weight is 588 g/mol. The molecule has 0 saturated carbocycles. The molecular formula is C32H37F4N3O3. The standard InChI is InChI=1S/C32H37F4N3O3/c1-40-31(41-2)21-15-17-38(18-16-21)22-11-9-20(10-12-22)28-24-13-14-26-29(23(24)6-5-7-25(28)32(34,35)36)30(33)37-39(26)27-8-3-4-19-42-27/h9-14,21,27,31H,3-8,15-19H2,1-2H3. The lowest BCUT2D eigenvalue weighted by molar-refractivity contribution is -0.141. The first-order valence-electron chi connectivity index (χ1n) is 14.8. The van der Waals surface area contributed by atoms with Gasteiger partial charge in [-0.2, -0.15) is 17.6 Å². The number of aryl methyl sites for hydroxylation is 1. The third-order valence-electron chi connectivity index (χ3n) is 9.05. The number of methoxy groups -OCH3 is 2. The van der Waals surface area contributed by atoms with Crippen LogP contribution in [0.2, 0.25) is 0 Å². The maximum atomic E-state index is 15.5. The fourth-order valence-corrected chi connectivity index (χ4v) is 6.98. The van der Waals surface area contributed by atoms with Gasteiger partial charge in [-0.25, -0.2) is 4.68 Å². The zero-order chi connectivity index (χ0) is 29.4. The van der Waals surface area contributed by atoms with E-state index in [-0.39, 0.29) is 30.9 Å². The summed E-state index contributed by atoms with van der Waals surface area (Å²) in [5.74, 6) is -0.363. The first-order valence-corrected chi connectivity index (χ1v) is 14.8. The van der Waals surface area contributed by atoms with Crippen molar-refractivity contribution in [2.45, 2.75) is 70.1 Å². The number of aromatic nitrogens is 2. The Labute approximate surface area is 243 Å². The molecule has 2 saturated heterocycles. The molecule has 42 heavy (non-hydrogen) atoms. The number of fused-ring (bicyclic) bond motifs is 3. The van der Waals surface area contributed by atoms with Crippen molar-refractivity contribution in [1.82, 2.24) is 9.78 Å². The quantitative estimate of drug-likeness (QED) is 0.222. The van der Waals surface area contributed by atoms with Crippen LogP contribution >= 0.6 is 0 Å². The normalized spacial score (nSPS) is 20.8. The van der Waals surface area contributed by atoms with Gasteiger partial charge in [0.15, 0.2) is 12.5 Å². The first-order chi connectivity index (χ1) is 20.3. The SMILES string of the molecule is COC(OC)C1CCN(c2ccc(C3=C(C(F)(F)F)CCCc4c3ccc3c4c(F)nn3C3CCCCO3)cc2)CC1. The molecule has 226 valence electrons. The Balaban J connectivity index is 1.37. The van der Waals surface area contributed by atoms with E-state index in [9.17, 15) is 13.2 Å². The number of hydrogen-bond donors (Lipinski definition) is 0. The summed E-state index contributed by atoms with van der Waals surface area (Å²) in [6, 6.07) is 10.7. The molecule has 6 nitrogen and oxygen atoms in total. The molecule has 1 aliphatic carbocycles. The largest absolute Gasteiger partial charge is 0.413 e. The number of piperidine rings is 1. The highest BCUT2D eigenvalue weighted by atomic mass is 19.4. The number of rotatable bonds is 6. The molecule has 0 bridgehead atoms. The molecule has 2 fully saturated rings. The zero-order valence-electron chi connectivity index (χ0n) is 24.1. The van der Waals surface area contributed by atoms with Crippen LogP contribution in [0.1, 0.15) is 67.9 Å². The van der Waals surface area contributed by atoms with Gasteiger partial charge in [-0.1, -0.05) is 18.2 Å². The second-order valence-electron chi connectivity index (χ2n) is 11.5. The molecule has 2 aromatic carbocycles. The fraction of sp³-hybridized carbons (Fsp3) is 0.531. The molecule has 6 rings (SSSR count). The van der Waals surface area contributed by atoms with Crippen LogP contribution in [0, 0.1) is 11.9 Å². The molecule has 1 atom stereocenters. The van der Waals surface area contributed by atoms with Crippen molar-refractivity contribution >= 4 is 22.2 Å². The number of ether oxygens (including phenoxy) is 3. The number of nitrogens with zero attached hydrogens (tertiary/aromatic N) is 3. The zero-order valence-corrected chi connectivity index (χ0v) is 24.1. The van der Waals surface area contributed by atoms with Crippen molar-refractivity contribution in [2.24, 2.45) is 5.92 Å². The number of alkyl halides is 3. The molecule has 2 aliphatic heterocycles. The van der Waals surface area contributed by atoms with Gasteiger partial charge in [0.1, 0.15) is 0 Å². The number of anilines is 1. The van der Waals surface area contributed by atoms with Gasteiger partial charge in [-0.15, -0.1) is 5.10 Å². The van der Waals surface area contributed by atoms with Crippen LogP contribution < -0.4 is 4.90 Å². The van der Waals surface area contributed by atoms with Gasteiger partial charge in [0.25, 0.3) is 0 Å². The summed E-state index contributed by atoms with van der Waals surface area (Å²) in [7, 11) is 3.29. The third kappa shape index (κ3) is 5.44. The molecule has 1 aromatic heterocycles. The van der Waals surface area contributed by atoms with Gasteiger partial charge in [0.05, 0.1) is 10.9 Å². The Morgan fingerprint density at radius 1 is 0.929 bits per heavy atom. The highest BCUT2D eigenvalue weighted by Crippen LogP contribution is 2.45.